The maximum absolute atomic E-state index is 12.0. The van der Waals surface area contributed by atoms with E-state index in [4.69, 9.17) is 5.73 Å². The normalized spacial score (nSPS) is 11.6. The summed E-state index contributed by atoms with van der Waals surface area (Å²) in [5, 5.41) is 0. The van der Waals surface area contributed by atoms with E-state index in [-0.39, 0.29) is 10.3 Å². The highest BCUT2D eigenvalue weighted by molar-refractivity contribution is 7.71. The van der Waals surface area contributed by atoms with E-state index in [0.717, 1.165) is 6.07 Å². The maximum atomic E-state index is 12.0. The number of nitrogen functional groups attached to an aromatic ring is 1. The zero-order valence-electron chi connectivity index (χ0n) is 5.77. The molecule has 0 bridgehead atoms. The number of H-pyrrole nitrogens is 1. The molecule has 0 aliphatic rings. The van der Waals surface area contributed by atoms with Crippen molar-refractivity contribution < 1.29 is 13.2 Å². The van der Waals surface area contributed by atoms with Crippen LogP contribution in [0.3, 0.4) is 0 Å². The number of rotatable bonds is 0. The van der Waals surface area contributed by atoms with Crippen LogP contribution < -0.4 is 5.73 Å². The Hall–Kier alpha value is -1.04. The number of anilines is 1. The lowest BCUT2D eigenvalue weighted by Crippen LogP contribution is -2.08. The number of alkyl halides is 3. The summed E-state index contributed by atoms with van der Waals surface area (Å²) < 4.78 is 36.0. The second-order valence-electron chi connectivity index (χ2n) is 2.19. The predicted molar refractivity (Wildman–Crippen MR) is 41.0 cm³/mol. The number of aromatic nitrogens is 1. The van der Waals surface area contributed by atoms with Crippen LogP contribution in [0.2, 0.25) is 0 Å². The van der Waals surface area contributed by atoms with Gasteiger partial charge in [-0.05, 0) is 12.1 Å². The monoisotopic (exact) mass is 194 g/mol. The van der Waals surface area contributed by atoms with Gasteiger partial charge in [0.1, 0.15) is 10.3 Å². The Balaban J connectivity index is 3.27. The third kappa shape index (κ3) is 1.97. The first kappa shape index (κ1) is 9.05. The molecule has 0 radical (unpaired) electrons. The van der Waals surface area contributed by atoms with E-state index in [2.05, 4.69) is 12.2 Å². The zero-order chi connectivity index (χ0) is 9.35. The van der Waals surface area contributed by atoms with Gasteiger partial charge in [-0.1, -0.05) is 12.2 Å². The Bertz CT molecular complexity index is 341. The Morgan fingerprint density at radius 2 is 1.92 bits per heavy atom. The van der Waals surface area contributed by atoms with Gasteiger partial charge in [-0.25, -0.2) is 0 Å². The van der Waals surface area contributed by atoms with Crippen LogP contribution in [0, 0.1) is 4.64 Å². The highest BCUT2D eigenvalue weighted by atomic mass is 32.1. The van der Waals surface area contributed by atoms with Gasteiger partial charge in [0.05, 0.1) is 0 Å². The van der Waals surface area contributed by atoms with Crippen LogP contribution in [-0.2, 0) is 6.18 Å². The van der Waals surface area contributed by atoms with Gasteiger partial charge in [0.25, 0.3) is 0 Å². The van der Waals surface area contributed by atoms with Crippen LogP contribution in [0.15, 0.2) is 12.1 Å². The van der Waals surface area contributed by atoms with Gasteiger partial charge in [0.2, 0.25) is 0 Å². The molecular weight excluding hydrogens is 189 g/mol. The number of halogens is 3. The summed E-state index contributed by atoms with van der Waals surface area (Å²) in [6.45, 7) is 0. The van der Waals surface area contributed by atoms with Crippen LogP contribution in [0.25, 0.3) is 0 Å². The molecule has 1 rings (SSSR count). The Kier molecular flexibility index (Phi) is 2.10. The molecule has 0 aliphatic carbocycles. The number of pyridine rings is 1. The molecule has 0 amide bonds. The van der Waals surface area contributed by atoms with E-state index < -0.39 is 11.9 Å². The first-order valence-electron chi connectivity index (χ1n) is 2.96. The summed E-state index contributed by atoms with van der Waals surface area (Å²) in [6, 6.07) is 2.06. The molecule has 3 N–H and O–H groups in total. The summed E-state index contributed by atoms with van der Waals surface area (Å²) in [6.07, 6.45) is -4.43. The van der Waals surface area contributed by atoms with Crippen LogP contribution in [0.4, 0.5) is 18.9 Å². The molecule has 0 unspecified atom stereocenters. The third-order valence-corrected chi connectivity index (χ3v) is 1.39. The maximum Gasteiger partial charge on any atom is 0.431 e. The predicted octanol–water partition coefficient (Wildman–Crippen LogP) is 2.35. The van der Waals surface area contributed by atoms with E-state index >= 15 is 0 Å². The number of hydrogen-bond acceptors (Lipinski definition) is 2. The van der Waals surface area contributed by atoms with E-state index in [1.54, 1.807) is 0 Å². The Labute approximate surface area is 71.2 Å². The van der Waals surface area contributed by atoms with Crippen molar-refractivity contribution in [3.63, 3.8) is 0 Å². The van der Waals surface area contributed by atoms with Gasteiger partial charge >= 0.3 is 6.18 Å². The first-order valence-corrected chi connectivity index (χ1v) is 3.37. The first-order chi connectivity index (χ1) is 5.39. The molecule has 2 nitrogen and oxygen atoms in total. The molecule has 6 heteroatoms. The molecule has 0 aromatic carbocycles. The van der Waals surface area contributed by atoms with Crippen LogP contribution in [0.5, 0.6) is 0 Å². The van der Waals surface area contributed by atoms with Crippen molar-refractivity contribution in [3.8, 4) is 0 Å². The summed E-state index contributed by atoms with van der Waals surface area (Å²) in [4.78, 5) is 2.00. The van der Waals surface area contributed by atoms with Crippen LogP contribution in [-0.4, -0.2) is 4.98 Å². The molecule has 0 saturated heterocycles. The van der Waals surface area contributed by atoms with Gasteiger partial charge in [-0.3, -0.25) is 0 Å². The molecule has 1 aromatic rings. The van der Waals surface area contributed by atoms with Crippen molar-refractivity contribution >= 4 is 17.9 Å². The van der Waals surface area contributed by atoms with E-state index in [1.807, 2.05) is 4.98 Å². The molecule has 1 aromatic heterocycles. The molecular formula is C6H5F3N2S. The molecule has 0 fully saturated rings. The molecule has 12 heavy (non-hydrogen) atoms. The molecule has 0 saturated carbocycles. The van der Waals surface area contributed by atoms with E-state index in [1.165, 1.54) is 6.07 Å². The van der Waals surface area contributed by atoms with Crippen molar-refractivity contribution in [2.45, 2.75) is 6.18 Å². The minimum absolute atomic E-state index is 0.00563. The number of hydrogen-bond donors (Lipinski definition) is 2. The van der Waals surface area contributed by atoms with Gasteiger partial charge in [0.15, 0.2) is 0 Å². The van der Waals surface area contributed by atoms with E-state index in [0.29, 0.717) is 0 Å². The van der Waals surface area contributed by atoms with Crippen molar-refractivity contribution in [1.29, 1.82) is 0 Å². The number of nitrogens with two attached hydrogens (primary N) is 1. The molecule has 0 aliphatic heterocycles. The third-order valence-electron chi connectivity index (χ3n) is 1.17. The average molecular weight is 194 g/mol. The summed E-state index contributed by atoms with van der Waals surface area (Å²) in [7, 11) is 0. The van der Waals surface area contributed by atoms with Crippen LogP contribution in [0.1, 0.15) is 5.69 Å². The van der Waals surface area contributed by atoms with Crippen molar-refractivity contribution in [1.82, 2.24) is 4.98 Å². The minimum atomic E-state index is -4.43. The lowest BCUT2D eigenvalue weighted by Gasteiger charge is -2.06. The largest absolute Gasteiger partial charge is 0.431 e. The topological polar surface area (TPSA) is 41.8 Å². The molecule has 66 valence electrons. The van der Waals surface area contributed by atoms with Gasteiger partial charge < -0.3 is 10.7 Å². The van der Waals surface area contributed by atoms with Gasteiger partial charge in [-0.15, -0.1) is 0 Å². The highest BCUT2D eigenvalue weighted by Crippen LogP contribution is 2.28. The summed E-state index contributed by atoms with van der Waals surface area (Å²) in [5.41, 5.74) is 4.25. The Morgan fingerprint density at radius 3 is 2.33 bits per heavy atom. The fourth-order valence-electron chi connectivity index (χ4n) is 0.717. The fourth-order valence-corrected chi connectivity index (χ4v) is 0.963. The molecule has 0 spiro atoms. The molecule has 1 heterocycles. The second-order valence-corrected chi connectivity index (χ2v) is 2.63. The smallest absolute Gasteiger partial charge is 0.399 e. The molecule has 0 atom stereocenters. The average Bonchev–Trinajstić information content (AvgIpc) is 1.82. The standard InChI is InChI=1S/C6H5F3N2S/c7-6(8,9)4-1-3(10)2-5(12)11-4/h1-2H,(H3,10,11,12). The van der Waals surface area contributed by atoms with Gasteiger partial charge in [-0.2, -0.15) is 13.2 Å². The fraction of sp³-hybridized carbons (Fsp3) is 0.167. The van der Waals surface area contributed by atoms with Crippen LogP contribution >= 0.6 is 12.2 Å². The summed E-state index contributed by atoms with van der Waals surface area (Å²) in [5.74, 6) is 0. The summed E-state index contributed by atoms with van der Waals surface area (Å²) >= 11 is 4.52. The quantitative estimate of drug-likeness (QED) is 0.622. The zero-order valence-corrected chi connectivity index (χ0v) is 6.59. The van der Waals surface area contributed by atoms with Crippen molar-refractivity contribution in [2.75, 3.05) is 5.73 Å². The van der Waals surface area contributed by atoms with Crippen molar-refractivity contribution in [2.24, 2.45) is 0 Å². The Morgan fingerprint density at radius 1 is 1.33 bits per heavy atom. The lowest BCUT2D eigenvalue weighted by molar-refractivity contribution is -0.141. The SMILES string of the molecule is Nc1cc(C(F)(F)F)[nH]c(=S)c1. The minimum Gasteiger partial charge on any atom is -0.399 e. The van der Waals surface area contributed by atoms with Crippen molar-refractivity contribution in [3.05, 3.63) is 22.5 Å². The number of aromatic amines is 1. The second kappa shape index (κ2) is 2.78. The highest BCUT2D eigenvalue weighted by Gasteiger charge is 2.31. The lowest BCUT2D eigenvalue weighted by atomic mass is 10.3. The number of nitrogens with one attached hydrogen (secondary N) is 1. The van der Waals surface area contributed by atoms with E-state index in [9.17, 15) is 13.2 Å². The van der Waals surface area contributed by atoms with Gasteiger partial charge in [0, 0.05) is 5.69 Å².